The minimum Gasteiger partial charge on any atom is -0.444 e. The van der Waals surface area contributed by atoms with Gasteiger partial charge in [-0.05, 0) is 40.2 Å². The summed E-state index contributed by atoms with van der Waals surface area (Å²) >= 11 is 0. The monoisotopic (exact) mass is 332 g/mol. The third-order valence-electron chi connectivity index (χ3n) is 4.15. The molecule has 1 aromatic rings. The third-order valence-corrected chi connectivity index (χ3v) is 4.15. The maximum Gasteiger partial charge on any atom is 0.410 e. The first kappa shape index (κ1) is 18.5. The summed E-state index contributed by atoms with van der Waals surface area (Å²) in [6.45, 7) is 11.1. The summed E-state index contributed by atoms with van der Waals surface area (Å²) in [4.78, 5) is 28.4. The molecule has 1 aromatic carbocycles. The van der Waals surface area contributed by atoms with E-state index < -0.39 is 5.60 Å². The van der Waals surface area contributed by atoms with Crippen LogP contribution in [-0.4, -0.2) is 53.0 Å². The van der Waals surface area contributed by atoms with Crippen LogP contribution in [0.1, 0.15) is 46.2 Å². The van der Waals surface area contributed by atoms with Gasteiger partial charge >= 0.3 is 6.09 Å². The van der Waals surface area contributed by atoms with E-state index in [9.17, 15) is 9.59 Å². The molecule has 0 unspecified atom stereocenters. The van der Waals surface area contributed by atoms with Gasteiger partial charge in [0.05, 0.1) is 6.04 Å². The van der Waals surface area contributed by atoms with E-state index in [0.717, 1.165) is 5.56 Å². The Balaban J connectivity index is 2.08. The molecule has 0 N–H and O–H groups in total. The number of hydrogen-bond donors (Lipinski definition) is 0. The fourth-order valence-corrected chi connectivity index (χ4v) is 3.15. The number of hydrogen-bond acceptors (Lipinski definition) is 4. The topological polar surface area (TPSA) is 49.9 Å². The lowest BCUT2D eigenvalue weighted by Crippen LogP contribution is -2.56. The van der Waals surface area contributed by atoms with Gasteiger partial charge in [0.1, 0.15) is 5.60 Å². The molecule has 2 atom stereocenters. The van der Waals surface area contributed by atoms with E-state index in [1.807, 2.05) is 58.0 Å². The van der Waals surface area contributed by atoms with E-state index in [-0.39, 0.29) is 24.0 Å². The second-order valence-electron chi connectivity index (χ2n) is 7.44. The van der Waals surface area contributed by atoms with Crippen LogP contribution in [-0.2, 0) is 9.53 Å². The Morgan fingerprint density at radius 1 is 1.17 bits per heavy atom. The summed E-state index contributed by atoms with van der Waals surface area (Å²) in [6.07, 6.45) is -0.284. The number of benzene rings is 1. The Morgan fingerprint density at radius 3 is 2.29 bits per heavy atom. The van der Waals surface area contributed by atoms with E-state index in [0.29, 0.717) is 19.6 Å². The van der Waals surface area contributed by atoms with Crippen molar-refractivity contribution < 1.29 is 14.3 Å². The first-order valence-electron chi connectivity index (χ1n) is 8.48. The van der Waals surface area contributed by atoms with Crippen LogP contribution in [0.3, 0.4) is 0 Å². The molecule has 0 aliphatic carbocycles. The molecule has 1 saturated heterocycles. The van der Waals surface area contributed by atoms with Crippen LogP contribution in [0.4, 0.5) is 4.79 Å². The Morgan fingerprint density at radius 2 is 1.79 bits per heavy atom. The van der Waals surface area contributed by atoms with Crippen LogP contribution in [0, 0.1) is 0 Å². The van der Waals surface area contributed by atoms with E-state index in [4.69, 9.17) is 4.74 Å². The van der Waals surface area contributed by atoms with Gasteiger partial charge in [-0.2, -0.15) is 0 Å². The van der Waals surface area contributed by atoms with Crippen LogP contribution in [0.2, 0.25) is 0 Å². The summed E-state index contributed by atoms with van der Waals surface area (Å²) in [5, 5.41) is 0. The number of amides is 1. The summed E-state index contributed by atoms with van der Waals surface area (Å²) < 4.78 is 5.48. The van der Waals surface area contributed by atoms with Crippen molar-refractivity contribution >= 4 is 11.9 Å². The van der Waals surface area contributed by atoms with Crippen molar-refractivity contribution in [1.82, 2.24) is 9.80 Å². The lowest BCUT2D eigenvalue weighted by molar-refractivity contribution is -0.123. The average molecular weight is 332 g/mol. The molecule has 1 fully saturated rings. The highest BCUT2D eigenvalue weighted by atomic mass is 16.6. The molecular weight excluding hydrogens is 304 g/mol. The van der Waals surface area contributed by atoms with Gasteiger partial charge in [-0.1, -0.05) is 30.3 Å². The second-order valence-corrected chi connectivity index (χ2v) is 7.44. The number of nitrogens with zero attached hydrogens (tertiary/aromatic N) is 2. The van der Waals surface area contributed by atoms with Crippen LogP contribution < -0.4 is 0 Å². The highest BCUT2D eigenvalue weighted by Gasteiger charge is 2.35. The van der Waals surface area contributed by atoms with Crippen LogP contribution in [0.25, 0.3) is 0 Å². The third kappa shape index (κ3) is 4.57. The lowest BCUT2D eigenvalue weighted by Gasteiger charge is -2.42. The molecule has 0 aromatic heterocycles. The lowest BCUT2D eigenvalue weighted by atomic mass is 10.00. The molecule has 0 bridgehead atoms. The number of rotatable bonds is 3. The zero-order valence-electron chi connectivity index (χ0n) is 15.3. The molecule has 1 heterocycles. The molecule has 0 spiro atoms. The van der Waals surface area contributed by atoms with Crippen molar-refractivity contribution in [3.05, 3.63) is 35.9 Å². The van der Waals surface area contributed by atoms with Crippen molar-refractivity contribution in [2.45, 2.75) is 52.3 Å². The maximum absolute atomic E-state index is 12.3. The van der Waals surface area contributed by atoms with Crippen molar-refractivity contribution in [2.75, 3.05) is 19.6 Å². The number of carbonyl (C=O) groups excluding carboxylic acids is 2. The molecular formula is C19H28N2O3. The highest BCUT2D eigenvalue weighted by molar-refractivity contribution is 5.83. The zero-order valence-corrected chi connectivity index (χ0v) is 15.3. The average Bonchev–Trinajstić information content (AvgIpc) is 2.46. The summed E-state index contributed by atoms with van der Waals surface area (Å²) in [6, 6.07) is 9.56. The predicted octanol–water partition coefficient (Wildman–Crippen LogP) is 3.26. The zero-order chi connectivity index (χ0) is 17.9. The number of ether oxygens (including phenoxy) is 1. The van der Waals surface area contributed by atoms with Gasteiger partial charge in [-0.3, -0.25) is 9.69 Å². The van der Waals surface area contributed by atoms with Crippen molar-refractivity contribution in [2.24, 2.45) is 0 Å². The quantitative estimate of drug-likeness (QED) is 0.852. The van der Waals surface area contributed by atoms with Crippen molar-refractivity contribution in [3.63, 3.8) is 0 Å². The second kappa shape index (κ2) is 7.34. The fraction of sp³-hybridized carbons (Fsp3) is 0.579. The van der Waals surface area contributed by atoms with Crippen LogP contribution in [0.15, 0.2) is 30.3 Å². The largest absolute Gasteiger partial charge is 0.444 e. The Hall–Kier alpha value is -1.88. The van der Waals surface area contributed by atoms with Gasteiger partial charge in [0.2, 0.25) is 0 Å². The highest BCUT2D eigenvalue weighted by Crippen LogP contribution is 2.25. The van der Waals surface area contributed by atoms with Crippen LogP contribution >= 0.6 is 0 Å². The Bertz CT molecular complexity index is 580. The van der Waals surface area contributed by atoms with E-state index in [2.05, 4.69) is 4.90 Å². The molecule has 132 valence electrons. The van der Waals surface area contributed by atoms with Gasteiger partial charge in [-0.25, -0.2) is 4.79 Å². The van der Waals surface area contributed by atoms with Gasteiger partial charge in [-0.15, -0.1) is 0 Å². The van der Waals surface area contributed by atoms with Gasteiger partial charge in [0.15, 0.2) is 5.78 Å². The van der Waals surface area contributed by atoms with E-state index in [1.165, 1.54) is 0 Å². The molecule has 0 saturated carbocycles. The molecule has 1 aliphatic rings. The Kier molecular flexibility index (Phi) is 5.65. The first-order chi connectivity index (χ1) is 11.2. The van der Waals surface area contributed by atoms with Crippen LogP contribution in [0.5, 0.6) is 0 Å². The predicted molar refractivity (Wildman–Crippen MR) is 93.8 cm³/mol. The summed E-state index contributed by atoms with van der Waals surface area (Å²) in [7, 11) is 0. The molecule has 5 heteroatoms. The molecule has 24 heavy (non-hydrogen) atoms. The molecule has 1 aliphatic heterocycles. The molecule has 2 rings (SSSR count). The van der Waals surface area contributed by atoms with Crippen molar-refractivity contribution in [1.29, 1.82) is 0 Å². The van der Waals surface area contributed by atoms with Crippen molar-refractivity contribution in [3.8, 4) is 0 Å². The first-order valence-corrected chi connectivity index (χ1v) is 8.48. The number of Topliss-reactive ketones (excluding diaryl/α,β-unsaturated/α-hetero) is 1. The summed E-state index contributed by atoms with van der Waals surface area (Å²) in [5.41, 5.74) is 0.503. The fourth-order valence-electron chi connectivity index (χ4n) is 3.15. The smallest absolute Gasteiger partial charge is 0.410 e. The minimum atomic E-state index is -0.500. The van der Waals surface area contributed by atoms with E-state index in [1.54, 1.807) is 11.8 Å². The maximum atomic E-state index is 12.3. The van der Waals surface area contributed by atoms with E-state index >= 15 is 0 Å². The molecule has 5 nitrogen and oxygen atoms in total. The number of piperazine rings is 1. The standard InChI is InChI=1S/C19H28N2O3/c1-14-13-20(11-12-21(14)18(23)24-19(3,4)5)17(15(2)22)16-9-7-6-8-10-16/h6-10,14,17H,11-13H2,1-5H3/t14-,17+/m1/s1. The number of carbonyl (C=O) groups is 2. The normalized spacial score (nSPS) is 20.5. The SMILES string of the molecule is CC(=O)[C@@H](c1ccccc1)N1CCN(C(=O)OC(C)(C)C)[C@H](C)C1. The Labute approximate surface area is 144 Å². The molecule has 1 amide bonds. The minimum absolute atomic E-state index is 0.000776. The van der Waals surface area contributed by atoms with Gasteiger partial charge in [0, 0.05) is 25.7 Å². The number of ketones is 1. The summed E-state index contributed by atoms with van der Waals surface area (Å²) in [5.74, 6) is 0.124. The molecule has 0 radical (unpaired) electrons. The van der Waals surface area contributed by atoms with Gasteiger partial charge in [0.25, 0.3) is 0 Å². The van der Waals surface area contributed by atoms with Gasteiger partial charge < -0.3 is 9.64 Å².